The van der Waals surface area contributed by atoms with Crippen LogP contribution in [-0.4, -0.2) is 39.5 Å². The SMILES string of the molecule is NS(=O)(=O)C1CCCN(S(=O)(=O)c2cc(F)c(F)c(F)c2)C1. The van der Waals surface area contributed by atoms with E-state index in [0.717, 1.165) is 4.31 Å². The summed E-state index contributed by atoms with van der Waals surface area (Å²) in [5.41, 5.74) is 0. The predicted octanol–water partition coefficient (Wildman–Crippen LogP) is 0.546. The standard InChI is InChI=1S/C11H13F3N2O4S2/c12-9-4-8(5-10(13)11(9)14)22(19,20)16-3-1-2-7(6-16)21(15,17)18/h4-5,7H,1-3,6H2,(H2,15,17,18). The van der Waals surface area contributed by atoms with E-state index in [-0.39, 0.29) is 19.4 Å². The van der Waals surface area contributed by atoms with Crippen LogP contribution >= 0.6 is 0 Å². The number of hydrogen-bond donors (Lipinski definition) is 1. The Labute approximate surface area is 125 Å². The number of piperidine rings is 1. The van der Waals surface area contributed by atoms with E-state index in [2.05, 4.69) is 0 Å². The molecular weight excluding hydrogens is 345 g/mol. The highest BCUT2D eigenvalue weighted by atomic mass is 32.2. The molecule has 1 aliphatic heterocycles. The minimum absolute atomic E-state index is 0.0189. The molecule has 124 valence electrons. The van der Waals surface area contributed by atoms with Crippen molar-refractivity contribution in [2.45, 2.75) is 23.0 Å². The van der Waals surface area contributed by atoms with Gasteiger partial charge in [-0.3, -0.25) is 0 Å². The van der Waals surface area contributed by atoms with Gasteiger partial charge in [0.1, 0.15) is 0 Å². The van der Waals surface area contributed by atoms with E-state index in [9.17, 15) is 30.0 Å². The molecule has 1 fully saturated rings. The van der Waals surface area contributed by atoms with Crippen LogP contribution in [0.2, 0.25) is 0 Å². The summed E-state index contributed by atoms with van der Waals surface area (Å²) in [6, 6.07) is 0.711. The molecule has 2 N–H and O–H groups in total. The van der Waals surface area contributed by atoms with Gasteiger partial charge in [0.05, 0.1) is 10.1 Å². The van der Waals surface area contributed by atoms with Gasteiger partial charge in [0.15, 0.2) is 17.5 Å². The molecule has 0 spiro atoms. The summed E-state index contributed by atoms with van der Waals surface area (Å²) in [6.45, 7) is -0.434. The largest absolute Gasteiger partial charge is 0.243 e. The summed E-state index contributed by atoms with van der Waals surface area (Å²) >= 11 is 0. The van der Waals surface area contributed by atoms with Crippen molar-refractivity contribution in [1.82, 2.24) is 4.31 Å². The quantitative estimate of drug-likeness (QED) is 0.798. The highest BCUT2D eigenvalue weighted by molar-refractivity contribution is 7.90. The van der Waals surface area contributed by atoms with E-state index in [4.69, 9.17) is 5.14 Å². The van der Waals surface area contributed by atoms with Crippen LogP contribution in [0.4, 0.5) is 13.2 Å². The lowest BCUT2D eigenvalue weighted by Gasteiger charge is -2.30. The fraction of sp³-hybridized carbons (Fsp3) is 0.455. The van der Waals surface area contributed by atoms with Crippen LogP contribution in [0.3, 0.4) is 0 Å². The van der Waals surface area contributed by atoms with Crippen molar-refractivity contribution in [2.24, 2.45) is 5.14 Å². The molecule has 0 aliphatic carbocycles. The molecule has 1 atom stereocenters. The molecule has 1 aliphatic rings. The zero-order valence-electron chi connectivity index (χ0n) is 11.2. The molecule has 1 aromatic carbocycles. The van der Waals surface area contributed by atoms with Crippen LogP contribution in [0.5, 0.6) is 0 Å². The average Bonchev–Trinajstić information content (AvgIpc) is 2.43. The number of rotatable bonds is 3. The van der Waals surface area contributed by atoms with E-state index < -0.39 is 54.2 Å². The van der Waals surface area contributed by atoms with Gasteiger partial charge in [-0.15, -0.1) is 0 Å². The Morgan fingerprint density at radius 3 is 2.14 bits per heavy atom. The number of primary sulfonamides is 1. The lowest BCUT2D eigenvalue weighted by Crippen LogP contribution is -2.47. The van der Waals surface area contributed by atoms with Gasteiger partial charge in [-0.1, -0.05) is 0 Å². The topological polar surface area (TPSA) is 97.5 Å². The van der Waals surface area contributed by atoms with Crippen LogP contribution < -0.4 is 5.14 Å². The van der Waals surface area contributed by atoms with Gasteiger partial charge in [-0.05, 0) is 25.0 Å². The number of nitrogens with two attached hydrogens (primary N) is 1. The molecule has 0 aromatic heterocycles. The Morgan fingerprint density at radius 1 is 1.09 bits per heavy atom. The molecule has 11 heteroatoms. The summed E-state index contributed by atoms with van der Waals surface area (Å²) < 4.78 is 87.3. The predicted molar refractivity (Wildman–Crippen MR) is 71.2 cm³/mol. The minimum atomic E-state index is -4.35. The van der Waals surface area contributed by atoms with Crippen molar-refractivity contribution < 1.29 is 30.0 Å². The Morgan fingerprint density at radius 2 is 1.64 bits per heavy atom. The van der Waals surface area contributed by atoms with Gasteiger partial charge in [-0.2, -0.15) is 4.31 Å². The number of hydrogen-bond acceptors (Lipinski definition) is 4. The smallest absolute Gasteiger partial charge is 0.228 e. The molecule has 1 heterocycles. The van der Waals surface area contributed by atoms with Gasteiger partial charge >= 0.3 is 0 Å². The summed E-state index contributed by atoms with van der Waals surface area (Å²) in [6.07, 6.45) is 0.420. The van der Waals surface area contributed by atoms with Gasteiger partial charge in [-0.25, -0.2) is 35.1 Å². The normalized spacial score (nSPS) is 21.0. The van der Waals surface area contributed by atoms with Crippen LogP contribution in [-0.2, 0) is 20.0 Å². The molecule has 2 rings (SSSR count). The Kier molecular flexibility index (Phi) is 4.53. The van der Waals surface area contributed by atoms with E-state index in [1.54, 1.807) is 0 Å². The van der Waals surface area contributed by atoms with Crippen LogP contribution in [0, 0.1) is 17.5 Å². The first-order valence-electron chi connectivity index (χ1n) is 6.20. The van der Waals surface area contributed by atoms with E-state index in [1.165, 1.54) is 0 Å². The van der Waals surface area contributed by atoms with Gasteiger partial charge < -0.3 is 0 Å². The molecule has 0 amide bonds. The first kappa shape index (κ1) is 17.2. The maximum absolute atomic E-state index is 13.2. The van der Waals surface area contributed by atoms with Crippen molar-refractivity contribution in [3.05, 3.63) is 29.6 Å². The third-order valence-corrected chi connectivity index (χ3v) is 6.56. The van der Waals surface area contributed by atoms with E-state index in [1.807, 2.05) is 0 Å². The van der Waals surface area contributed by atoms with Crippen molar-refractivity contribution in [1.29, 1.82) is 0 Å². The maximum Gasteiger partial charge on any atom is 0.243 e. The van der Waals surface area contributed by atoms with Gasteiger partial charge in [0.2, 0.25) is 20.0 Å². The van der Waals surface area contributed by atoms with Crippen molar-refractivity contribution >= 4 is 20.0 Å². The number of halogens is 3. The maximum atomic E-state index is 13.2. The zero-order valence-corrected chi connectivity index (χ0v) is 12.8. The van der Waals surface area contributed by atoms with Crippen LogP contribution in [0.25, 0.3) is 0 Å². The zero-order chi connectivity index (χ0) is 16.7. The monoisotopic (exact) mass is 358 g/mol. The lowest BCUT2D eigenvalue weighted by atomic mass is 10.2. The second-order valence-electron chi connectivity index (χ2n) is 4.92. The summed E-state index contributed by atoms with van der Waals surface area (Å²) in [5, 5.41) is 3.91. The molecule has 1 aromatic rings. The summed E-state index contributed by atoms with van der Waals surface area (Å²) in [5.74, 6) is -5.06. The number of benzene rings is 1. The molecule has 6 nitrogen and oxygen atoms in total. The fourth-order valence-electron chi connectivity index (χ4n) is 2.22. The van der Waals surface area contributed by atoms with Crippen LogP contribution in [0.1, 0.15) is 12.8 Å². The second-order valence-corrected chi connectivity index (χ2v) is 8.70. The van der Waals surface area contributed by atoms with Crippen LogP contribution in [0.15, 0.2) is 17.0 Å². The third kappa shape index (κ3) is 3.26. The molecule has 1 saturated heterocycles. The first-order valence-corrected chi connectivity index (χ1v) is 9.24. The van der Waals surface area contributed by atoms with Crippen molar-refractivity contribution in [2.75, 3.05) is 13.1 Å². The Bertz CT molecular complexity index is 773. The minimum Gasteiger partial charge on any atom is -0.228 e. The van der Waals surface area contributed by atoms with E-state index in [0.29, 0.717) is 12.1 Å². The summed E-state index contributed by atoms with van der Waals surface area (Å²) in [4.78, 5) is -0.779. The third-order valence-electron chi connectivity index (χ3n) is 3.40. The number of nitrogens with zero attached hydrogens (tertiary/aromatic N) is 1. The van der Waals surface area contributed by atoms with Gasteiger partial charge in [0.25, 0.3) is 0 Å². The molecule has 0 bridgehead atoms. The second kappa shape index (κ2) is 5.80. The molecule has 22 heavy (non-hydrogen) atoms. The number of sulfonamides is 2. The highest BCUT2D eigenvalue weighted by Crippen LogP contribution is 2.25. The lowest BCUT2D eigenvalue weighted by molar-refractivity contribution is 0.345. The van der Waals surface area contributed by atoms with Crippen molar-refractivity contribution in [3.8, 4) is 0 Å². The van der Waals surface area contributed by atoms with Crippen molar-refractivity contribution in [3.63, 3.8) is 0 Å². The molecule has 0 saturated carbocycles. The van der Waals surface area contributed by atoms with Gasteiger partial charge in [0, 0.05) is 13.1 Å². The fourth-order valence-corrected chi connectivity index (χ4v) is 4.75. The summed E-state index contributed by atoms with van der Waals surface area (Å²) in [7, 11) is -8.29. The molecular formula is C11H13F3N2O4S2. The average molecular weight is 358 g/mol. The first-order chi connectivity index (χ1) is 10.0. The Hall–Kier alpha value is -1.17. The molecule has 1 unspecified atom stereocenters. The van der Waals surface area contributed by atoms with E-state index >= 15 is 0 Å². The Balaban J connectivity index is 2.38. The highest BCUT2D eigenvalue weighted by Gasteiger charge is 2.35. The molecule has 0 radical (unpaired) electrons.